The molecule has 0 amide bonds. The van der Waals surface area contributed by atoms with E-state index in [0.29, 0.717) is 21.8 Å². The summed E-state index contributed by atoms with van der Waals surface area (Å²) < 4.78 is 14.2. The van der Waals surface area contributed by atoms with Crippen LogP contribution in [0.3, 0.4) is 0 Å². The smallest absolute Gasteiger partial charge is 0.171 e. The zero-order valence-corrected chi connectivity index (χ0v) is 12.5. The van der Waals surface area contributed by atoms with Crippen LogP contribution in [-0.2, 0) is 6.54 Å². The second-order valence-corrected chi connectivity index (χ2v) is 5.87. The van der Waals surface area contributed by atoms with Crippen LogP contribution in [0.1, 0.15) is 4.88 Å². The van der Waals surface area contributed by atoms with Gasteiger partial charge < -0.3 is 10.6 Å². The van der Waals surface area contributed by atoms with Crippen molar-refractivity contribution in [2.45, 2.75) is 6.54 Å². The van der Waals surface area contributed by atoms with Gasteiger partial charge in [0.2, 0.25) is 0 Å². The van der Waals surface area contributed by atoms with Crippen LogP contribution in [0.15, 0.2) is 40.2 Å². The number of thiocarbonyl (C=S) groups is 1. The van der Waals surface area contributed by atoms with Crippen molar-refractivity contribution in [3.05, 3.63) is 50.9 Å². The van der Waals surface area contributed by atoms with Gasteiger partial charge in [0.15, 0.2) is 5.11 Å². The molecule has 0 spiro atoms. The van der Waals surface area contributed by atoms with E-state index in [9.17, 15) is 4.39 Å². The van der Waals surface area contributed by atoms with E-state index in [1.165, 1.54) is 10.9 Å². The number of rotatable bonds is 3. The van der Waals surface area contributed by atoms with Gasteiger partial charge in [-0.05, 0) is 41.9 Å². The first kappa shape index (κ1) is 13.5. The summed E-state index contributed by atoms with van der Waals surface area (Å²) in [7, 11) is 0. The number of hydrogen-bond donors (Lipinski definition) is 2. The molecular weight excluding hydrogens is 335 g/mol. The van der Waals surface area contributed by atoms with E-state index in [1.54, 1.807) is 23.5 Å². The average molecular weight is 345 g/mol. The summed E-state index contributed by atoms with van der Waals surface area (Å²) in [5.74, 6) is -0.343. The zero-order valence-electron chi connectivity index (χ0n) is 9.24. The maximum absolute atomic E-state index is 13.5. The molecule has 0 aliphatic heterocycles. The van der Waals surface area contributed by atoms with Crippen molar-refractivity contribution in [2.24, 2.45) is 0 Å². The summed E-state index contributed by atoms with van der Waals surface area (Å²) in [5.41, 5.74) is 0.363. The standard InChI is InChI=1S/C12H10BrFN2S2/c13-8-3-4-11(10(14)6-8)16-12(17)15-7-9-2-1-5-18-9/h1-6H,7H2,(H2,15,16,17). The molecule has 0 saturated carbocycles. The summed E-state index contributed by atoms with van der Waals surface area (Å²) in [6, 6.07) is 8.78. The Morgan fingerprint density at radius 1 is 1.39 bits per heavy atom. The van der Waals surface area contributed by atoms with Crippen molar-refractivity contribution >= 4 is 50.3 Å². The molecule has 94 valence electrons. The Balaban J connectivity index is 1.91. The highest BCUT2D eigenvalue weighted by atomic mass is 79.9. The molecule has 2 N–H and O–H groups in total. The van der Waals surface area contributed by atoms with Gasteiger partial charge in [-0.2, -0.15) is 0 Å². The van der Waals surface area contributed by atoms with Crippen LogP contribution in [0.4, 0.5) is 10.1 Å². The lowest BCUT2D eigenvalue weighted by molar-refractivity contribution is 0.631. The predicted octanol–water partition coefficient (Wildman–Crippen LogP) is 4.14. The summed E-state index contributed by atoms with van der Waals surface area (Å²) in [5, 5.41) is 8.27. The van der Waals surface area contributed by atoms with Gasteiger partial charge in [0, 0.05) is 9.35 Å². The second kappa shape index (κ2) is 6.26. The molecule has 0 aliphatic carbocycles. The summed E-state index contributed by atoms with van der Waals surface area (Å²) in [4.78, 5) is 1.18. The Labute approximate surface area is 122 Å². The molecule has 2 nitrogen and oxygen atoms in total. The molecular formula is C12H10BrFN2S2. The Morgan fingerprint density at radius 2 is 2.22 bits per heavy atom. The van der Waals surface area contributed by atoms with Gasteiger partial charge >= 0.3 is 0 Å². The van der Waals surface area contributed by atoms with Gasteiger partial charge in [-0.25, -0.2) is 4.39 Å². The molecule has 0 fully saturated rings. The molecule has 2 aromatic rings. The minimum absolute atomic E-state index is 0.343. The largest absolute Gasteiger partial charge is 0.358 e. The van der Waals surface area contributed by atoms with Crippen molar-refractivity contribution in [3.8, 4) is 0 Å². The molecule has 0 radical (unpaired) electrons. The maximum Gasteiger partial charge on any atom is 0.171 e. The van der Waals surface area contributed by atoms with Crippen LogP contribution in [0.25, 0.3) is 0 Å². The number of halogens is 2. The SMILES string of the molecule is Fc1cc(Br)ccc1NC(=S)NCc1cccs1. The third kappa shape index (κ3) is 3.76. The zero-order chi connectivity index (χ0) is 13.0. The molecule has 0 atom stereocenters. The number of thiophene rings is 1. The average Bonchev–Trinajstić information content (AvgIpc) is 2.83. The Kier molecular flexibility index (Phi) is 4.68. The first-order chi connectivity index (χ1) is 8.65. The van der Waals surface area contributed by atoms with E-state index >= 15 is 0 Å². The van der Waals surface area contributed by atoms with Crippen LogP contribution >= 0.6 is 39.5 Å². The van der Waals surface area contributed by atoms with Crippen molar-refractivity contribution in [2.75, 3.05) is 5.32 Å². The van der Waals surface area contributed by atoms with E-state index in [1.807, 2.05) is 17.5 Å². The molecule has 0 saturated heterocycles. The van der Waals surface area contributed by atoms with Gasteiger partial charge in [0.05, 0.1) is 12.2 Å². The maximum atomic E-state index is 13.5. The summed E-state index contributed by atoms with van der Waals surface area (Å²) in [6.07, 6.45) is 0. The molecule has 0 bridgehead atoms. The van der Waals surface area contributed by atoms with Crippen LogP contribution < -0.4 is 10.6 Å². The number of benzene rings is 1. The van der Waals surface area contributed by atoms with Gasteiger partial charge in [-0.1, -0.05) is 22.0 Å². The lowest BCUT2D eigenvalue weighted by Gasteiger charge is -2.10. The minimum atomic E-state index is -0.343. The first-order valence-corrected chi connectivity index (χ1v) is 7.25. The van der Waals surface area contributed by atoms with Crippen molar-refractivity contribution in [3.63, 3.8) is 0 Å². The molecule has 1 heterocycles. The third-order valence-corrected chi connectivity index (χ3v) is 3.80. The van der Waals surface area contributed by atoms with Crippen molar-refractivity contribution in [1.29, 1.82) is 0 Å². The fraction of sp³-hybridized carbons (Fsp3) is 0.0833. The Bertz CT molecular complexity index is 543. The number of nitrogens with one attached hydrogen (secondary N) is 2. The van der Waals surface area contributed by atoms with E-state index in [0.717, 1.165) is 0 Å². The topological polar surface area (TPSA) is 24.1 Å². The summed E-state index contributed by atoms with van der Waals surface area (Å²) >= 11 is 9.96. The van der Waals surface area contributed by atoms with Crippen molar-refractivity contribution in [1.82, 2.24) is 5.32 Å². The van der Waals surface area contributed by atoms with E-state index in [-0.39, 0.29) is 5.82 Å². The van der Waals surface area contributed by atoms with E-state index in [2.05, 4.69) is 26.6 Å². The van der Waals surface area contributed by atoms with Crippen LogP contribution in [-0.4, -0.2) is 5.11 Å². The monoisotopic (exact) mass is 344 g/mol. The highest BCUT2D eigenvalue weighted by Gasteiger charge is 2.04. The third-order valence-electron chi connectivity index (χ3n) is 2.18. The van der Waals surface area contributed by atoms with Gasteiger partial charge in [0.1, 0.15) is 5.82 Å². The molecule has 0 aliphatic rings. The highest BCUT2D eigenvalue weighted by Crippen LogP contribution is 2.19. The normalized spacial score (nSPS) is 10.1. The van der Waals surface area contributed by atoms with E-state index < -0.39 is 0 Å². The van der Waals surface area contributed by atoms with Gasteiger partial charge in [-0.3, -0.25) is 0 Å². The van der Waals surface area contributed by atoms with Crippen molar-refractivity contribution < 1.29 is 4.39 Å². The van der Waals surface area contributed by atoms with Crippen LogP contribution in [0.2, 0.25) is 0 Å². The fourth-order valence-corrected chi connectivity index (χ4v) is 2.50. The molecule has 1 aromatic carbocycles. The molecule has 0 unspecified atom stereocenters. The van der Waals surface area contributed by atoms with Gasteiger partial charge in [-0.15, -0.1) is 11.3 Å². The molecule has 6 heteroatoms. The number of anilines is 1. The predicted molar refractivity (Wildman–Crippen MR) is 81.5 cm³/mol. The van der Waals surface area contributed by atoms with E-state index in [4.69, 9.17) is 12.2 Å². The molecule has 1 aromatic heterocycles. The fourth-order valence-electron chi connectivity index (χ4n) is 1.34. The van der Waals surface area contributed by atoms with Crippen LogP contribution in [0, 0.1) is 5.82 Å². The highest BCUT2D eigenvalue weighted by molar-refractivity contribution is 9.10. The quantitative estimate of drug-likeness (QED) is 0.818. The minimum Gasteiger partial charge on any atom is -0.358 e. The lowest BCUT2D eigenvalue weighted by Crippen LogP contribution is -2.27. The second-order valence-electron chi connectivity index (χ2n) is 3.51. The first-order valence-electron chi connectivity index (χ1n) is 5.17. The molecule has 18 heavy (non-hydrogen) atoms. The van der Waals surface area contributed by atoms with Crippen LogP contribution in [0.5, 0.6) is 0 Å². The van der Waals surface area contributed by atoms with Gasteiger partial charge in [0.25, 0.3) is 0 Å². The Morgan fingerprint density at radius 3 is 2.89 bits per heavy atom. The lowest BCUT2D eigenvalue weighted by atomic mass is 10.3. The molecule has 2 rings (SSSR count). The number of hydrogen-bond acceptors (Lipinski definition) is 2. The summed E-state index contributed by atoms with van der Waals surface area (Å²) in [6.45, 7) is 0.641. The Hall–Kier alpha value is -0.980.